The molecule has 1 aromatic rings. The monoisotopic (exact) mass is 274 g/mol. The second kappa shape index (κ2) is 4.63. The molecule has 96 valence electrons. The van der Waals surface area contributed by atoms with Crippen molar-refractivity contribution in [3.8, 4) is 0 Å². The predicted molar refractivity (Wildman–Crippen MR) is 73.2 cm³/mol. The van der Waals surface area contributed by atoms with Gasteiger partial charge in [0.2, 0.25) is 0 Å². The fourth-order valence-corrected chi connectivity index (χ4v) is 2.68. The van der Waals surface area contributed by atoms with Crippen molar-refractivity contribution in [1.82, 2.24) is 5.32 Å². The number of aliphatic imine (C=N–C) groups is 1. The Morgan fingerprint density at radius 3 is 2.89 bits per heavy atom. The van der Waals surface area contributed by atoms with E-state index in [0.29, 0.717) is 24.1 Å². The number of carbonyl (C=O) groups is 2. The Balaban J connectivity index is 2.27. The Morgan fingerprint density at radius 2 is 2.05 bits per heavy atom. The van der Waals surface area contributed by atoms with Gasteiger partial charge >= 0.3 is 0 Å². The number of carbonyl (C=O) groups excluding carboxylic acids is 2. The summed E-state index contributed by atoms with van der Waals surface area (Å²) in [6, 6.07) is 7.69. The van der Waals surface area contributed by atoms with Gasteiger partial charge in [0, 0.05) is 18.3 Å². The highest BCUT2D eigenvalue weighted by atomic mass is 35.5. The molecule has 1 unspecified atom stereocenters. The van der Waals surface area contributed by atoms with Gasteiger partial charge in [-0.25, -0.2) is 4.99 Å². The van der Waals surface area contributed by atoms with Crippen LogP contribution in [0.4, 0.5) is 0 Å². The van der Waals surface area contributed by atoms with E-state index in [9.17, 15) is 9.59 Å². The lowest BCUT2D eigenvalue weighted by atomic mass is 9.89. The molecular formula is C14H11ClN2O2. The summed E-state index contributed by atoms with van der Waals surface area (Å²) in [6.07, 6.45) is 2.03. The molecule has 0 aliphatic carbocycles. The van der Waals surface area contributed by atoms with Crippen molar-refractivity contribution in [1.29, 1.82) is 0 Å². The normalized spacial score (nSPS) is 22.3. The number of fused-ring (bicyclic) bond motifs is 2. The molecule has 5 heteroatoms. The maximum absolute atomic E-state index is 12.0. The molecule has 0 fully saturated rings. The van der Waals surface area contributed by atoms with E-state index in [2.05, 4.69) is 10.3 Å². The van der Waals surface area contributed by atoms with Crippen molar-refractivity contribution < 1.29 is 9.59 Å². The van der Waals surface area contributed by atoms with Gasteiger partial charge in [-0.3, -0.25) is 9.59 Å². The molecule has 0 bridgehead atoms. The van der Waals surface area contributed by atoms with Crippen LogP contribution in [0.5, 0.6) is 0 Å². The Bertz CT molecular complexity index is 634. The molecular weight excluding hydrogens is 264 g/mol. The number of dihydropyridines is 1. The van der Waals surface area contributed by atoms with Gasteiger partial charge in [0.1, 0.15) is 5.38 Å². The largest absolute Gasteiger partial charge is 0.352 e. The first-order valence-corrected chi connectivity index (χ1v) is 6.45. The van der Waals surface area contributed by atoms with Crippen LogP contribution in [0.3, 0.4) is 0 Å². The van der Waals surface area contributed by atoms with Crippen molar-refractivity contribution in [2.45, 2.75) is 11.8 Å². The van der Waals surface area contributed by atoms with Crippen LogP contribution in [0.2, 0.25) is 0 Å². The summed E-state index contributed by atoms with van der Waals surface area (Å²) >= 11 is 6.16. The smallest absolute Gasteiger partial charge is 0.268 e. The molecule has 3 rings (SSSR count). The Morgan fingerprint density at radius 1 is 1.26 bits per heavy atom. The molecule has 0 spiro atoms. The van der Waals surface area contributed by atoms with E-state index < -0.39 is 11.3 Å². The molecule has 0 radical (unpaired) electrons. The van der Waals surface area contributed by atoms with Crippen LogP contribution >= 0.6 is 11.6 Å². The number of rotatable bonds is 0. The van der Waals surface area contributed by atoms with E-state index in [0.717, 1.165) is 11.1 Å². The molecule has 19 heavy (non-hydrogen) atoms. The third-order valence-electron chi connectivity index (χ3n) is 3.31. The van der Waals surface area contributed by atoms with E-state index in [1.54, 1.807) is 0 Å². The predicted octanol–water partition coefficient (Wildman–Crippen LogP) is 1.33. The van der Waals surface area contributed by atoms with Crippen LogP contribution in [0.15, 0.2) is 34.8 Å². The zero-order chi connectivity index (χ0) is 13.4. The molecule has 0 saturated heterocycles. The molecule has 1 aromatic carbocycles. The van der Waals surface area contributed by atoms with Gasteiger partial charge in [0.05, 0.1) is 5.57 Å². The summed E-state index contributed by atoms with van der Waals surface area (Å²) < 4.78 is 0. The van der Waals surface area contributed by atoms with Crippen molar-refractivity contribution in [2.24, 2.45) is 4.99 Å². The topological polar surface area (TPSA) is 58.5 Å². The van der Waals surface area contributed by atoms with E-state index in [4.69, 9.17) is 11.6 Å². The number of amides is 2. The van der Waals surface area contributed by atoms with Gasteiger partial charge < -0.3 is 5.32 Å². The van der Waals surface area contributed by atoms with Gasteiger partial charge in [0.15, 0.2) is 0 Å². The van der Waals surface area contributed by atoms with Crippen molar-refractivity contribution >= 4 is 35.2 Å². The van der Waals surface area contributed by atoms with Crippen LogP contribution in [-0.4, -0.2) is 30.0 Å². The highest BCUT2D eigenvalue weighted by molar-refractivity contribution is 6.42. The number of halogens is 1. The molecule has 0 saturated carbocycles. The van der Waals surface area contributed by atoms with Crippen LogP contribution < -0.4 is 5.32 Å². The lowest BCUT2D eigenvalue weighted by Gasteiger charge is -2.23. The number of hydrogen-bond donors (Lipinski definition) is 1. The average Bonchev–Trinajstić information content (AvgIpc) is 2.40. The summed E-state index contributed by atoms with van der Waals surface area (Å²) in [5, 5.41) is 1.90. The van der Waals surface area contributed by atoms with E-state index in [-0.39, 0.29) is 5.91 Å². The minimum absolute atomic E-state index is 0.230. The van der Waals surface area contributed by atoms with Crippen molar-refractivity contribution in [3.05, 3.63) is 41.0 Å². The first-order valence-electron chi connectivity index (χ1n) is 6.01. The molecule has 2 aliphatic rings. The van der Waals surface area contributed by atoms with Gasteiger partial charge in [-0.1, -0.05) is 24.3 Å². The molecule has 2 aliphatic heterocycles. The highest BCUT2D eigenvalue weighted by Gasteiger charge is 2.32. The summed E-state index contributed by atoms with van der Waals surface area (Å²) in [5.41, 5.74) is 2.89. The minimum atomic E-state index is -0.898. The van der Waals surface area contributed by atoms with E-state index >= 15 is 0 Å². The summed E-state index contributed by atoms with van der Waals surface area (Å²) in [6.45, 7) is 0.557. The van der Waals surface area contributed by atoms with Gasteiger partial charge in [-0.15, -0.1) is 11.6 Å². The SMILES string of the molecule is O=C1NCCc2ccccc2C2=C1C=NC(=O)C2Cl. The summed E-state index contributed by atoms with van der Waals surface area (Å²) in [4.78, 5) is 27.4. The highest BCUT2D eigenvalue weighted by Crippen LogP contribution is 2.32. The van der Waals surface area contributed by atoms with Crippen LogP contribution in [0.25, 0.3) is 5.57 Å². The maximum Gasteiger partial charge on any atom is 0.268 e. The quantitative estimate of drug-likeness (QED) is 0.726. The van der Waals surface area contributed by atoms with Crippen LogP contribution in [-0.2, 0) is 16.0 Å². The summed E-state index contributed by atoms with van der Waals surface area (Å²) in [7, 11) is 0. The molecule has 1 N–H and O–H groups in total. The number of alkyl halides is 1. The average molecular weight is 275 g/mol. The summed E-state index contributed by atoms with van der Waals surface area (Å²) in [5.74, 6) is -0.657. The number of nitrogens with one attached hydrogen (secondary N) is 1. The molecule has 4 nitrogen and oxygen atoms in total. The van der Waals surface area contributed by atoms with E-state index in [1.807, 2.05) is 24.3 Å². The molecule has 0 aromatic heterocycles. The standard InChI is InChI=1S/C14H11ClN2O2/c15-12-11-9-4-2-1-3-8(9)5-6-16-13(18)10(11)7-17-14(12)19/h1-4,7,12H,5-6H2,(H,16,18). The van der Waals surface area contributed by atoms with Gasteiger partial charge in [0.25, 0.3) is 11.8 Å². The third-order valence-corrected chi connectivity index (χ3v) is 3.72. The minimum Gasteiger partial charge on any atom is -0.352 e. The van der Waals surface area contributed by atoms with Gasteiger partial charge in [-0.2, -0.15) is 0 Å². The molecule has 2 heterocycles. The first kappa shape index (κ1) is 12.1. The van der Waals surface area contributed by atoms with Crippen molar-refractivity contribution in [3.63, 3.8) is 0 Å². The zero-order valence-electron chi connectivity index (χ0n) is 10.0. The Hall–Kier alpha value is -1.94. The van der Waals surface area contributed by atoms with Crippen molar-refractivity contribution in [2.75, 3.05) is 6.54 Å². The Labute approximate surface area is 115 Å². The fraction of sp³-hybridized carbons (Fsp3) is 0.214. The third kappa shape index (κ3) is 1.98. The molecule has 1 atom stereocenters. The van der Waals surface area contributed by atoms with Gasteiger partial charge in [-0.05, 0) is 17.5 Å². The second-order valence-electron chi connectivity index (χ2n) is 4.45. The first-order chi connectivity index (χ1) is 9.18. The van der Waals surface area contributed by atoms with Crippen LogP contribution in [0, 0.1) is 0 Å². The maximum atomic E-state index is 12.0. The number of benzene rings is 1. The zero-order valence-corrected chi connectivity index (χ0v) is 10.8. The van der Waals surface area contributed by atoms with Crippen LogP contribution in [0.1, 0.15) is 11.1 Å². The lowest BCUT2D eigenvalue weighted by Crippen LogP contribution is -2.34. The second-order valence-corrected chi connectivity index (χ2v) is 4.89. The fourth-order valence-electron chi connectivity index (χ4n) is 2.39. The lowest BCUT2D eigenvalue weighted by molar-refractivity contribution is -0.117. The molecule has 2 amide bonds. The number of hydrogen-bond acceptors (Lipinski definition) is 2. The van der Waals surface area contributed by atoms with E-state index in [1.165, 1.54) is 6.21 Å². The Kier molecular flexibility index (Phi) is 2.95. The number of nitrogens with zero attached hydrogens (tertiary/aromatic N) is 1.